The van der Waals surface area contributed by atoms with Crippen molar-refractivity contribution in [3.05, 3.63) is 0 Å². The van der Waals surface area contributed by atoms with E-state index in [1.165, 1.54) is 6.08 Å². The van der Waals surface area contributed by atoms with Gasteiger partial charge in [-0.05, 0) is 19.6 Å². The van der Waals surface area contributed by atoms with Crippen LogP contribution in [-0.2, 0) is 9.22 Å². The Morgan fingerprint density at radius 1 is 1.50 bits per heavy atom. The second kappa shape index (κ2) is 4.38. The Bertz CT molecular complexity index is 135. The van der Waals surface area contributed by atoms with Gasteiger partial charge < -0.3 is 4.43 Å². The molecule has 0 unspecified atom stereocenters. The van der Waals surface area contributed by atoms with Gasteiger partial charge in [-0.3, -0.25) is 0 Å². The molecule has 0 aliphatic carbocycles. The quantitative estimate of drug-likeness (QED) is 0.267. The van der Waals surface area contributed by atoms with Gasteiger partial charge in [-0.1, -0.05) is 0 Å². The lowest BCUT2D eigenvalue weighted by molar-refractivity contribution is 0.322. The lowest BCUT2D eigenvalue weighted by atomic mass is 10.7. The van der Waals surface area contributed by atoms with Gasteiger partial charge in [-0.2, -0.15) is 0 Å². The Kier molecular flexibility index (Phi) is 4.19. The first-order valence-corrected chi connectivity index (χ1v) is 6.65. The van der Waals surface area contributed by atoms with Crippen LogP contribution in [0.5, 0.6) is 0 Å². The monoisotopic (exact) mass is 159 g/mol. The zero-order chi connectivity index (χ0) is 8.04. The van der Waals surface area contributed by atoms with Crippen molar-refractivity contribution < 1.29 is 9.22 Å². The van der Waals surface area contributed by atoms with E-state index in [1.807, 2.05) is 0 Å². The van der Waals surface area contributed by atoms with Crippen molar-refractivity contribution in [3.63, 3.8) is 0 Å². The van der Waals surface area contributed by atoms with Crippen molar-refractivity contribution in [1.82, 2.24) is 0 Å². The summed E-state index contributed by atoms with van der Waals surface area (Å²) in [6.07, 6.45) is 1.46. The van der Waals surface area contributed by atoms with Crippen LogP contribution in [0.1, 0.15) is 0 Å². The molecule has 0 fully saturated rings. The molecule has 10 heavy (non-hydrogen) atoms. The molecule has 0 bridgehead atoms. The Balaban J connectivity index is 3.28. The largest absolute Gasteiger partial charge is 0.416 e. The highest BCUT2D eigenvalue weighted by Crippen LogP contribution is 2.00. The van der Waals surface area contributed by atoms with Crippen molar-refractivity contribution in [2.75, 3.05) is 13.2 Å². The molecule has 0 saturated carbocycles. The highest BCUT2D eigenvalue weighted by atomic mass is 28.4. The Labute approximate surface area is 62.2 Å². The molecule has 0 rings (SSSR count). The predicted molar refractivity (Wildman–Crippen MR) is 42.3 cm³/mol. The number of isocyanates is 1. The van der Waals surface area contributed by atoms with E-state index in [-0.39, 0.29) is 0 Å². The highest BCUT2D eigenvalue weighted by Gasteiger charge is 2.12. The number of carbonyl (C=O) groups excluding carboxylic acids is 1. The maximum absolute atomic E-state index is 9.59. The van der Waals surface area contributed by atoms with Crippen LogP contribution in [0.25, 0.3) is 0 Å². The second-order valence-electron chi connectivity index (χ2n) is 2.93. The Morgan fingerprint density at radius 2 is 2.10 bits per heavy atom. The molecule has 0 aromatic carbocycles. The van der Waals surface area contributed by atoms with E-state index in [2.05, 4.69) is 24.6 Å². The molecule has 0 aromatic heterocycles. The molecule has 0 saturated heterocycles. The molecule has 0 radical (unpaired) electrons. The zero-order valence-electron chi connectivity index (χ0n) is 6.68. The summed E-state index contributed by atoms with van der Waals surface area (Å²) >= 11 is 0. The average Bonchev–Trinajstić information content (AvgIpc) is 1.78. The third-order valence-corrected chi connectivity index (χ3v) is 1.87. The molecule has 3 nitrogen and oxygen atoms in total. The van der Waals surface area contributed by atoms with Crippen molar-refractivity contribution in [1.29, 1.82) is 0 Å². The minimum absolute atomic E-state index is 0.438. The lowest BCUT2D eigenvalue weighted by Gasteiger charge is -2.15. The average molecular weight is 159 g/mol. The van der Waals surface area contributed by atoms with Crippen molar-refractivity contribution in [2.45, 2.75) is 19.6 Å². The van der Waals surface area contributed by atoms with Crippen molar-refractivity contribution >= 4 is 14.4 Å². The standard InChI is InChI=1S/C6H13NO2Si/c1-10(2,3)9-5-4-7-6-8/h4-5H2,1-3H3. The number of aliphatic imine (C=N–C) groups is 1. The van der Waals surface area contributed by atoms with Crippen LogP contribution in [0.4, 0.5) is 0 Å². The molecule has 4 heteroatoms. The molecule has 0 spiro atoms. The van der Waals surface area contributed by atoms with Crippen LogP contribution in [0.3, 0.4) is 0 Å². The lowest BCUT2D eigenvalue weighted by Crippen LogP contribution is -2.26. The SMILES string of the molecule is C[Si](C)(C)OCCN=C=O. The Morgan fingerprint density at radius 3 is 2.50 bits per heavy atom. The zero-order valence-corrected chi connectivity index (χ0v) is 7.68. The normalized spacial score (nSPS) is 10.7. The van der Waals surface area contributed by atoms with E-state index >= 15 is 0 Å². The fourth-order valence-corrected chi connectivity index (χ4v) is 1.15. The number of nitrogens with zero attached hydrogens (tertiary/aromatic N) is 1. The first-order valence-electron chi connectivity index (χ1n) is 3.24. The van der Waals surface area contributed by atoms with Gasteiger partial charge >= 0.3 is 0 Å². The van der Waals surface area contributed by atoms with Gasteiger partial charge in [0.25, 0.3) is 0 Å². The molecule has 0 aliphatic heterocycles. The second-order valence-corrected chi connectivity index (χ2v) is 7.45. The topological polar surface area (TPSA) is 38.7 Å². The summed E-state index contributed by atoms with van der Waals surface area (Å²) in [6.45, 7) is 7.27. The van der Waals surface area contributed by atoms with E-state index in [0.717, 1.165) is 0 Å². The number of rotatable bonds is 4. The Hall–Kier alpha value is -0.443. The number of hydrogen-bond donors (Lipinski definition) is 0. The third-order valence-electron chi connectivity index (χ3n) is 0.803. The van der Waals surface area contributed by atoms with Gasteiger partial charge in [-0.25, -0.2) is 9.79 Å². The van der Waals surface area contributed by atoms with Gasteiger partial charge in [0, 0.05) is 0 Å². The fourth-order valence-electron chi connectivity index (χ4n) is 0.443. The van der Waals surface area contributed by atoms with Gasteiger partial charge in [0.2, 0.25) is 6.08 Å². The minimum Gasteiger partial charge on any atom is -0.416 e. The first kappa shape index (κ1) is 9.56. The summed E-state index contributed by atoms with van der Waals surface area (Å²) < 4.78 is 5.40. The van der Waals surface area contributed by atoms with E-state index in [1.54, 1.807) is 0 Å². The highest BCUT2D eigenvalue weighted by molar-refractivity contribution is 6.69. The van der Waals surface area contributed by atoms with Gasteiger partial charge in [0.1, 0.15) is 0 Å². The maximum atomic E-state index is 9.59. The molecular formula is C6H13NO2Si. The first-order chi connectivity index (χ1) is 4.56. The third kappa shape index (κ3) is 7.56. The fraction of sp³-hybridized carbons (Fsp3) is 0.833. The van der Waals surface area contributed by atoms with Crippen LogP contribution in [0, 0.1) is 0 Å². The summed E-state index contributed by atoms with van der Waals surface area (Å²) in [7, 11) is -1.40. The molecule has 0 heterocycles. The maximum Gasteiger partial charge on any atom is 0.235 e. The van der Waals surface area contributed by atoms with Crippen LogP contribution < -0.4 is 0 Å². The van der Waals surface area contributed by atoms with Crippen molar-refractivity contribution in [3.8, 4) is 0 Å². The van der Waals surface area contributed by atoms with Crippen LogP contribution in [-0.4, -0.2) is 27.5 Å². The summed E-state index contributed by atoms with van der Waals surface area (Å²) in [5.41, 5.74) is 0. The molecular weight excluding hydrogens is 146 g/mol. The van der Waals surface area contributed by atoms with Gasteiger partial charge in [0.15, 0.2) is 8.32 Å². The molecule has 0 aliphatic rings. The van der Waals surface area contributed by atoms with Gasteiger partial charge in [-0.15, -0.1) is 0 Å². The van der Waals surface area contributed by atoms with Crippen molar-refractivity contribution in [2.24, 2.45) is 4.99 Å². The molecule has 0 aromatic rings. The summed E-state index contributed by atoms with van der Waals surface area (Å²) in [5, 5.41) is 0. The predicted octanol–water partition coefficient (Wildman–Crippen LogP) is 1.17. The molecule has 0 amide bonds. The molecule has 0 atom stereocenters. The van der Waals surface area contributed by atoms with Gasteiger partial charge in [0.05, 0.1) is 13.2 Å². The summed E-state index contributed by atoms with van der Waals surface area (Å²) in [5.74, 6) is 0. The molecule has 0 N–H and O–H groups in total. The van der Waals surface area contributed by atoms with Crippen LogP contribution in [0.15, 0.2) is 4.99 Å². The summed E-state index contributed by atoms with van der Waals surface area (Å²) in [4.78, 5) is 13.0. The minimum atomic E-state index is -1.40. The van der Waals surface area contributed by atoms with Crippen LogP contribution >= 0.6 is 0 Å². The van der Waals surface area contributed by atoms with Crippen LogP contribution in [0.2, 0.25) is 19.6 Å². The van der Waals surface area contributed by atoms with E-state index in [0.29, 0.717) is 13.2 Å². The number of hydrogen-bond acceptors (Lipinski definition) is 3. The smallest absolute Gasteiger partial charge is 0.235 e. The van der Waals surface area contributed by atoms with E-state index in [9.17, 15) is 4.79 Å². The molecule has 58 valence electrons. The van der Waals surface area contributed by atoms with E-state index in [4.69, 9.17) is 4.43 Å². The van der Waals surface area contributed by atoms with E-state index < -0.39 is 8.32 Å². The summed E-state index contributed by atoms with van der Waals surface area (Å²) in [6, 6.07) is 0.